The summed E-state index contributed by atoms with van der Waals surface area (Å²) in [6, 6.07) is 15.9. The van der Waals surface area contributed by atoms with Crippen LogP contribution in [0.15, 0.2) is 47.4 Å². The maximum atomic E-state index is 3.81. The molecule has 2 aromatic rings. The van der Waals surface area contributed by atoms with Gasteiger partial charge < -0.3 is 9.62 Å². The van der Waals surface area contributed by atoms with Crippen LogP contribution in [0.4, 0.5) is 5.69 Å². The van der Waals surface area contributed by atoms with E-state index in [1.165, 1.54) is 46.5 Å². The van der Waals surface area contributed by atoms with Crippen LogP contribution in [0.25, 0.3) is 0 Å². The van der Waals surface area contributed by atoms with Crippen LogP contribution in [0.2, 0.25) is 0 Å². The van der Waals surface area contributed by atoms with Gasteiger partial charge in [-0.25, -0.2) is 0 Å². The van der Waals surface area contributed by atoms with E-state index in [2.05, 4.69) is 73.0 Å². The molecule has 1 unspecified atom stereocenters. The molecule has 0 aliphatic carbocycles. The minimum Gasteiger partial charge on any atom is -0.315 e. The number of nitrogens with zero attached hydrogens (tertiary/aromatic N) is 1. The molecule has 2 nitrogen and oxygen atoms in total. The number of rotatable bonds is 5. The van der Waals surface area contributed by atoms with Crippen molar-refractivity contribution in [3.05, 3.63) is 59.2 Å². The molecule has 0 radical (unpaired) electrons. The van der Waals surface area contributed by atoms with Crippen molar-refractivity contribution in [2.24, 2.45) is 0 Å². The van der Waals surface area contributed by atoms with Crippen LogP contribution in [0.5, 0.6) is 0 Å². The number of fused-ring (bicyclic) bond motifs is 2. The van der Waals surface area contributed by atoms with Gasteiger partial charge in [0, 0.05) is 11.9 Å². The van der Waals surface area contributed by atoms with Gasteiger partial charge in [-0.15, -0.1) is 0 Å². The van der Waals surface area contributed by atoms with Crippen LogP contribution >= 0.6 is 11.9 Å². The molecule has 0 saturated carbocycles. The zero-order valence-corrected chi connectivity index (χ0v) is 15.1. The van der Waals surface area contributed by atoms with Gasteiger partial charge in [0.05, 0.1) is 11.7 Å². The second kappa shape index (κ2) is 7.41. The predicted octanol–water partition coefficient (Wildman–Crippen LogP) is 5.32. The molecule has 0 saturated heterocycles. The van der Waals surface area contributed by atoms with E-state index in [1.807, 2.05) is 11.9 Å². The zero-order chi connectivity index (χ0) is 16.2. The molecule has 0 amide bonds. The average molecular weight is 327 g/mol. The lowest BCUT2D eigenvalue weighted by molar-refractivity contribution is 0.562. The van der Waals surface area contributed by atoms with Crippen molar-refractivity contribution >= 4 is 17.6 Å². The third kappa shape index (κ3) is 3.56. The molecule has 0 spiro atoms. The van der Waals surface area contributed by atoms with Gasteiger partial charge in [0.1, 0.15) is 0 Å². The molecule has 0 aromatic heterocycles. The molecule has 23 heavy (non-hydrogen) atoms. The first-order valence-corrected chi connectivity index (χ1v) is 9.32. The molecule has 1 N–H and O–H groups in total. The maximum Gasteiger partial charge on any atom is 0.0609 e. The second-order valence-electron chi connectivity index (χ2n) is 6.28. The average Bonchev–Trinajstić information content (AvgIpc) is 2.66. The Hall–Kier alpha value is -1.45. The van der Waals surface area contributed by atoms with E-state index in [4.69, 9.17) is 0 Å². The molecule has 122 valence electrons. The summed E-state index contributed by atoms with van der Waals surface area (Å²) in [5.74, 6) is 0. The SMILES string of the molecule is CCCCCNC1c2ccc(C)cc2SN(C)c2ccccc21. The number of unbranched alkanes of at least 4 members (excludes halogenated alkanes) is 2. The molecular weight excluding hydrogens is 300 g/mol. The predicted molar refractivity (Wildman–Crippen MR) is 101 cm³/mol. The lowest BCUT2D eigenvalue weighted by Crippen LogP contribution is -2.24. The summed E-state index contributed by atoms with van der Waals surface area (Å²) < 4.78 is 2.29. The first-order valence-electron chi connectivity index (χ1n) is 8.55. The molecule has 1 aliphatic heterocycles. The van der Waals surface area contributed by atoms with Crippen molar-refractivity contribution in [3.63, 3.8) is 0 Å². The minimum atomic E-state index is 0.274. The van der Waals surface area contributed by atoms with Crippen molar-refractivity contribution in [3.8, 4) is 0 Å². The van der Waals surface area contributed by atoms with E-state index in [0.717, 1.165) is 6.54 Å². The Balaban J connectivity index is 1.99. The van der Waals surface area contributed by atoms with Gasteiger partial charge in [-0.2, -0.15) is 0 Å². The number of aryl methyl sites for hydroxylation is 1. The fourth-order valence-electron chi connectivity index (χ4n) is 3.18. The third-order valence-corrected chi connectivity index (χ3v) is 5.45. The third-order valence-electron chi connectivity index (χ3n) is 4.43. The number of nitrogens with one attached hydrogen (secondary N) is 1. The first kappa shape index (κ1) is 16.4. The van der Waals surface area contributed by atoms with Gasteiger partial charge in [0.15, 0.2) is 0 Å². The van der Waals surface area contributed by atoms with Crippen LogP contribution in [-0.4, -0.2) is 13.6 Å². The highest BCUT2D eigenvalue weighted by atomic mass is 32.2. The van der Waals surface area contributed by atoms with Crippen molar-refractivity contribution in [1.82, 2.24) is 5.32 Å². The number of anilines is 1. The molecule has 1 atom stereocenters. The fourth-order valence-corrected chi connectivity index (χ4v) is 4.27. The van der Waals surface area contributed by atoms with Gasteiger partial charge in [0.2, 0.25) is 0 Å². The van der Waals surface area contributed by atoms with Crippen LogP contribution in [0.1, 0.15) is 48.9 Å². The van der Waals surface area contributed by atoms with Crippen molar-refractivity contribution in [1.29, 1.82) is 0 Å². The smallest absolute Gasteiger partial charge is 0.0609 e. The van der Waals surface area contributed by atoms with Gasteiger partial charge >= 0.3 is 0 Å². The van der Waals surface area contributed by atoms with Crippen molar-refractivity contribution < 1.29 is 0 Å². The van der Waals surface area contributed by atoms with Gasteiger partial charge in [-0.05, 0) is 60.7 Å². The monoisotopic (exact) mass is 326 g/mol. The Bertz CT molecular complexity index is 668. The van der Waals surface area contributed by atoms with Gasteiger partial charge in [-0.1, -0.05) is 50.1 Å². The number of benzene rings is 2. The Morgan fingerprint density at radius 1 is 1.09 bits per heavy atom. The lowest BCUT2D eigenvalue weighted by Gasteiger charge is -2.22. The van der Waals surface area contributed by atoms with Gasteiger partial charge in [0.25, 0.3) is 0 Å². The zero-order valence-electron chi connectivity index (χ0n) is 14.3. The quantitative estimate of drug-likeness (QED) is 0.591. The van der Waals surface area contributed by atoms with Crippen LogP contribution in [0, 0.1) is 6.92 Å². The van der Waals surface area contributed by atoms with Gasteiger partial charge in [-0.3, -0.25) is 0 Å². The molecule has 0 fully saturated rings. The molecule has 3 rings (SSSR count). The Morgan fingerprint density at radius 2 is 1.91 bits per heavy atom. The topological polar surface area (TPSA) is 15.3 Å². The standard InChI is InChI=1S/C20H26N2S/c1-4-5-8-13-21-20-16-9-6-7-10-18(16)22(3)23-19-14-15(2)11-12-17(19)20/h6-7,9-12,14,20-21H,4-5,8,13H2,1-3H3. The summed E-state index contributed by atoms with van der Waals surface area (Å²) in [5, 5.41) is 3.81. The number of para-hydroxylation sites is 1. The largest absolute Gasteiger partial charge is 0.315 e. The van der Waals surface area contributed by atoms with E-state index >= 15 is 0 Å². The second-order valence-corrected chi connectivity index (χ2v) is 7.45. The summed E-state index contributed by atoms with van der Waals surface area (Å²) in [7, 11) is 2.16. The highest BCUT2D eigenvalue weighted by Crippen LogP contribution is 2.43. The van der Waals surface area contributed by atoms with E-state index in [-0.39, 0.29) is 6.04 Å². The van der Waals surface area contributed by atoms with Crippen LogP contribution < -0.4 is 9.62 Å². The van der Waals surface area contributed by atoms with Crippen molar-refractivity contribution in [2.75, 3.05) is 17.9 Å². The molecule has 3 heteroatoms. The Kier molecular flexibility index (Phi) is 5.29. The van der Waals surface area contributed by atoms with Crippen LogP contribution in [0.3, 0.4) is 0 Å². The molecule has 2 aromatic carbocycles. The normalized spacial score (nSPS) is 16.7. The molecule has 1 aliphatic rings. The molecular formula is C20H26N2S. The summed E-state index contributed by atoms with van der Waals surface area (Å²) in [4.78, 5) is 1.36. The number of hydrogen-bond acceptors (Lipinski definition) is 3. The number of hydrogen-bond donors (Lipinski definition) is 1. The Labute approximate surface area is 144 Å². The van der Waals surface area contributed by atoms with E-state index in [9.17, 15) is 0 Å². The molecule has 0 bridgehead atoms. The van der Waals surface area contributed by atoms with E-state index in [1.54, 1.807) is 0 Å². The highest BCUT2D eigenvalue weighted by molar-refractivity contribution is 8.00. The highest BCUT2D eigenvalue weighted by Gasteiger charge is 2.25. The minimum absolute atomic E-state index is 0.274. The fraction of sp³-hybridized carbons (Fsp3) is 0.400. The molecule has 1 heterocycles. The summed E-state index contributed by atoms with van der Waals surface area (Å²) in [5.41, 5.74) is 5.40. The lowest BCUT2D eigenvalue weighted by atomic mass is 9.96. The Morgan fingerprint density at radius 3 is 2.74 bits per heavy atom. The maximum absolute atomic E-state index is 3.81. The summed E-state index contributed by atoms with van der Waals surface area (Å²) in [6.07, 6.45) is 3.79. The summed E-state index contributed by atoms with van der Waals surface area (Å²) in [6.45, 7) is 5.49. The summed E-state index contributed by atoms with van der Waals surface area (Å²) >= 11 is 1.83. The van der Waals surface area contributed by atoms with E-state index < -0.39 is 0 Å². The van der Waals surface area contributed by atoms with Crippen LogP contribution in [-0.2, 0) is 0 Å². The first-order chi connectivity index (χ1) is 11.2. The van der Waals surface area contributed by atoms with E-state index in [0.29, 0.717) is 0 Å². The van der Waals surface area contributed by atoms with Crippen molar-refractivity contribution in [2.45, 2.75) is 44.0 Å².